The predicted octanol–water partition coefficient (Wildman–Crippen LogP) is 5.44. The fraction of sp³-hybridized carbons (Fsp3) is 0.533. The lowest BCUT2D eigenvalue weighted by molar-refractivity contribution is 0.317. The summed E-state index contributed by atoms with van der Waals surface area (Å²) in [5, 5.41) is 4.76. The van der Waals surface area contributed by atoms with Crippen LogP contribution in [0.3, 0.4) is 0 Å². The molecule has 0 amide bonds. The van der Waals surface area contributed by atoms with Gasteiger partial charge in [0.15, 0.2) is 5.13 Å². The fourth-order valence-corrected chi connectivity index (χ4v) is 4.26. The van der Waals surface area contributed by atoms with E-state index in [2.05, 4.69) is 46.4 Å². The Bertz CT molecular complexity index is 566. The van der Waals surface area contributed by atoms with E-state index in [0.717, 1.165) is 21.0 Å². The first kappa shape index (κ1) is 13.4. The van der Waals surface area contributed by atoms with Crippen molar-refractivity contribution in [3.8, 4) is 0 Å². The molecule has 1 aromatic heterocycles. The van der Waals surface area contributed by atoms with E-state index in [1.54, 1.807) is 11.3 Å². The number of rotatable bonds is 3. The topological polar surface area (TPSA) is 24.9 Å². The summed E-state index contributed by atoms with van der Waals surface area (Å²) >= 11 is 5.27. The predicted molar refractivity (Wildman–Crippen MR) is 87.0 cm³/mol. The Morgan fingerprint density at radius 3 is 3.05 bits per heavy atom. The third-order valence-electron chi connectivity index (χ3n) is 4.09. The van der Waals surface area contributed by atoms with E-state index in [1.165, 1.54) is 36.8 Å². The van der Waals surface area contributed by atoms with Crippen LogP contribution in [0.15, 0.2) is 22.7 Å². The summed E-state index contributed by atoms with van der Waals surface area (Å²) in [6.07, 6.45) is 6.67. The molecule has 1 aliphatic carbocycles. The molecule has 1 heterocycles. The monoisotopic (exact) mass is 338 g/mol. The van der Waals surface area contributed by atoms with E-state index in [-0.39, 0.29) is 0 Å². The molecule has 1 N–H and O–H groups in total. The summed E-state index contributed by atoms with van der Waals surface area (Å²) < 4.78 is 2.36. The number of halogens is 1. The van der Waals surface area contributed by atoms with Crippen molar-refractivity contribution in [1.29, 1.82) is 0 Å². The number of thiazole rings is 1. The van der Waals surface area contributed by atoms with Crippen molar-refractivity contribution < 1.29 is 0 Å². The molecule has 1 aromatic carbocycles. The van der Waals surface area contributed by atoms with Crippen LogP contribution in [-0.4, -0.2) is 11.0 Å². The highest BCUT2D eigenvalue weighted by molar-refractivity contribution is 9.10. The molecule has 1 aliphatic rings. The third-order valence-corrected chi connectivity index (χ3v) is 5.55. The second-order valence-electron chi connectivity index (χ2n) is 5.33. The van der Waals surface area contributed by atoms with Crippen LogP contribution in [0.5, 0.6) is 0 Å². The van der Waals surface area contributed by atoms with Crippen molar-refractivity contribution >= 4 is 42.6 Å². The van der Waals surface area contributed by atoms with Crippen LogP contribution in [0.4, 0.5) is 5.13 Å². The maximum absolute atomic E-state index is 4.71. The van der Waals surface area contributed by atoms with Gasteiger partial charge in [0, 0.05) is 10.5 Å². The molecule has 0 radical (unpaired) electrons. The van der Waals surface area contributed by atoms with Gasteiger partial charge in [-0.1, -0.05) is 53.5 Å². The molecule has 4 heteroatoms. The average molecular weight is 339 g/mol. The minimum absolute atomic E-state index is 0.614. The van der Waals surface area contributed by atoms with Gasteiger partial charge in [0.05, 0.1) is 10.2 Å². The molecule has 2 atom stereocenters. The molecule has 0 spiro atoms. The Labute approximate surface area is 126 Å². The van der Waals surface area contributed by atoms with Crippen LogP contribution < -0.4 is 5.32 Å². The van der Waals surface area contributed by atoms with Crippen LogP contribution in [0.25, 0.3) is 10.2 Å². The normalized spacial score (nSPS) is 23.7. The Morgan fingerprint density at radius 2 is 2.21 bits per heavy atom. The van der Waals surface area contributed by atoms with Crippen LogP contribution in [0, 0.1) is 5.92 Å². The lowest BCUT2D eigenvalue weighted by Crippen LogP contribution is -2.31. The van der Waals surface area contributed by atoms with Crippen molar-refractivity contribution in [2.24, 2.45) is 5.92 Å². The molecule has 0 aliphatic heterocycles. The minimum Gasteiger partial charge on any atom is -0.358 e. The van der Waals surface area contributed by atoms with Gasteiger partial charge < -0.3 is 5.32 Å². The molecule has 2 nitrogen and oxygen atoms in total. The number of hydrogen-bond acceptors (Lipinski definition) is 3. The van der Waals surface area contributed by atoms with E-state index in [9.17, 15) is 0 Å². The minimum atomic E-state index is 0.614. The van der Waals surface area contributed by atoms with Gasteiger partial charge in [-0.25, -0.2) is 4.98 Å². The molecule has 0 bridgehead atoms. The first-order valence-corrected chi connectivity index (χ1v) is 8.70. The number of benzene rings is 1. The highest BCUT2D eigenvalue weighted by Gasteiger charge is 2.24. The second kappa shape index (κ2) is 5.80. The number of anilines is 1. The van der Waals surface area contributed by atoms with E-state index < -0.39 is 0 Å². The van der Waals surface area contributed by atoms with Gasteiger partial charge >= 0.3 is 0 Å². The Kier molecular flexibility index (Phi) is 4.08. The molecule has 2 aromatic rings. The van der Waals surface area contributed by atoms with Crippen molar-refractivity contribution in [1.82, 2.24) is 4.98 Å². The van der Waals surface area contributed by atoms with Gasteiger partial charge in [0.2, 0.25) is 0 Å². The van der Waals surface area contributed by atoms with Crippen LogP contribution >= 0.6 is 27.3 Å². The smallest absolute Gasteiger partial charge is 0.184 e. The number of nitrogens with one attached hydrogen (secondary N) is 1. The second-order valence-corrected chi connectivity index (χ2v) is 7.28. The zero-order chi connectivity index (χ0) is 13.2. The van der Waals surface area contributed by atoms with Gasteiger partial charge in [0.1, 0.15) is 0 Å². The fourth-order valence-electron chi connectivity index (χ4n) is 3.01. The molecule has 2 unspecified atom stereocenters. The maximum Gasteiger partial charge on any atom is 0.184 e. The zero-order valence-corrected chi connectivity index (χ0v) is 13.6. The van der Waals surface area contributed by atoms with E-state index >= 15 is 0 Å². The third kappa shape index (κ3) is 2.95. The Morgan fingerprint density at radius 1 is 1.37 bits per heavy atom. The molecular weight excluding hydrogens is 320 g/mol. The number of hydrogen-bond donors (Lipinski definition) is 1. The summed E-state index contributed by atoms with van der Waals surface area (Å²) in [4.78, 5) is 4.71. The summed E-state index contributed by atoms with van der Waals surface area (Å²) in [7, 11) is 0. The largest absolute Gasteiger partial charge is 0.358 e. The van der Waals surface area contributed by atoms with E-state index in [0.29, 0.717) is 6.04 Å². The van der Waals surface area contributed by atoms with Crippen molar-refractivity contribution in [2.45, 2.75) is 45.1 Å². The van der Waals surface area contributed by atoms with Gasteiger partial charge in [-0.3, -0.25) is 0 Å². The lowest BCUT2D eigenvalue weighted by atomic mass is 9.83. The first-order valence-electron chi connectivity index (χ1n) is 7.09. The molecule has 1 saturated carbocycles. The molecule has 3 rings (SSSR count). The SMILES string of the molecule is CCC1CCCCC1Nc1nc2cc(Br)ccc2s1. The van der Waals surface area contributed by atoms with Gasteiger partial charge in [-0.05, 0) is 37.0 Å². The summed E-state index contributed by atoms with van der Waals surface area (Å²) in [5.74, 6) is 0.812. The van der Waals surface area contributed by atoms with Crippen LogP contribution in [0.2, 0.25) is 0 Å². The summed E-state index contributed by atoms with van der Waals surface area (Å²) in [5.41, 5.74) is 1.09. The van der Waals surface area contributed by atoms with Crippen molar-refractivity contribution in [3.05, 3.63) is 22.7 Å². The summed E-state index contributed by atoms with van der Waals surface area (Å²) in [6.45, 7) is 2.31. The number of aromatic nitrogens is 1. The van der Waals surface area contributed by atoms with Crippen molar-refractivity contribution in [2.75, 3.05) is 5.32 Å². The highest BCUT2D eigenvalue weighted by Crippen LogP contribution is 2.33. The van der Waals surface area contributed by atoms with Crippen molar-refractivity contribution in [3.63, 3.8) is 0 Å². The van der Waals surface area contributed by atoms with Crippen LogP contribution in [-0.2, 0) is 0 Å². The van der Waals surface area contributed by atoms with Gasteiger partial charge in [-0.15, -0.1) is 0 Å². The number of nitrogens with zero attached hydrogens (tertiary/aromatic N) is 1. The lowest BCUT2D eigenvalue weighted by Gasteiger charge is -2.31. The Hall–Kier alpha value is -0.610. The molecule has 0 saturated heterocycles. The van der Waals surface area contributed by atoms with Crippen LogP contribution in [0.1, 0.15) is 39.0 Å². The molecule has 102 valence electrons. The zero-order valence-electron chi connectivity index (χ0n) is 11.2. The highest BCUT2D eigenvalue weighted by atomic mass is 79.9. The standard InChI is InChI=1S/C15H19BrN2S/c1-2-10-5-3-4-6-12(10)17-15-18-13-9-11(16)7-8-14(13)19-15/h7-10,12H,2-6H2,1H3,(H,17,18). The number of fused-ring (bicyclic) bond motifs is 1. The van der Waals surface area contributed by atoms with Gasteiger partial charge in [0.25, 0.3) is 0 Å². The molecular formula is C15H19BrN2S. The van der Waals surface area contributed by atoms with E-state index in [4.69, 9.17) is 4.98 Å². The molecule has 1 fully saturated rings. The van der Waals surface area contributed by atoms with Gasteiger partial charge in [-0.2, -0.15) is 0 Å². The maximum atomic E-state index is 4.71. The quantitative estimate of drug-likeness (QED) is 0.805. The average Bonchev–Trinajstić information content (AvgIpc) is 2.80. The molecule has 19 heavy (non-hydrogen) atoms. The Balaban J connectivity index is 1.80. The summed E-state index contributed by atoms with van der Waals surface area (Å²) in [6, 6.07) is 6.93. The first-order chi connectivity index (χ1) is 9.26. The van der Waals surface area contributed by atoms with E-state index in [1.807, 2.05) is 0 Å².